The molecule has 1 aromatic heterocycles. The third kappa shape index (κ3) is 3.90. The van der Waals surface area contributed by atoms with Crippen LogP contribution >= 0.6 is 0 Å². The fourth-order valence-corrected chi connectivity index (χ4v) is 1.67. The van der Waals surface area contributed by atoms with E-state index in [2.05, 4.69) is 15.3 Å². The molecule has 21 heavy (non-hydrogen) atoms. The van der Waals surface area contributed by atoms with Gasteiger partial charge in [0.2, 0.25) is 5.88 Å². The van der Waals surface area contributed by atoms with Gasteiger partial charge in [-0.25, -0.2) is 9.79 Å². The van der Waals surface area contributed by atoms with Gasteiger partial charge in [0, 0.05) is 33.3 Å². The van der Waals surface area contributed by atoms with E-state index in [1.54, 1.807) is 17.3 Å². The average molecular weight is 288 g/mol. The van der Waals surface area contributed by atoms with Crippen molar-refractivity contribution in [3.05, 3.63) is 17.8 Å². The van der Waals surface area contributed by atoms with Gasteiger partial charge in [0.05, 0.1) is 13.0 Å². The number of aliphatic imine (C=N–C) groups is 1. The average Bonchev–Trinajstić information content (AvgIpc) is 2.99. The summed E-state index contributed by atoms with van der Waals surface area (Å²) in [5.41, 5.74) is 0.534. The number of amides is 1. The molecule has 1 aliphatic heterocycles. The summed E-state index contributed by atoms with van der Waals surface area (Å²) in [7, 11) is 3.65. The van der Waals surface area contributed by atoms with Crippen LogP contribution in [0.2, 0.25) is 0 Å². The number of ether oxygens (including phenoxy) is 1. The Hall–Kier alpha value is -2.66. The Labute approximate surface area is 122 Å². The van der Waals surface area contributed by atoms with Gasteiger partial charge in [-0.1, -0.05) is 0 Å². The molecule has 0 aliphatic carbocycles. The fraction of sp³-hybridized carbons (Fsp3) is 0.385. The van der Waals surface area contributed by atoms with Gasteiger partial charge >= 0.3 is 6.09 Å². The number of aromatic nitrogens is 1. The second-order valence-electron chi connectivity index (χ2n) is 4.63. The van der Waals surface area contributed by atoms with Crippen LogP contribution in [-0.4, -0.2) is 61.1 Å². The van der Waals surface area contributed by atoms with Gasteiger partial charge in [0.1, 0.15) is 11.8 Å². The minimum atomic E-state index is -0.485. The highest BCUT2D eigenvalue weighted by molar-refractivity contribution is 5.71. The Balaban J connectivity index is 2.11. The second kappa shape index (κ2) is 6.67. The van der Waals surface area contributed by atoms with E-state index >= 15 is 0 Å². The summed E-state index contributed by atoms with van der Waals surface area (Å²) < 4.78 is 5.14. The monoisotopic (exact) mass is 288 g/mol. The van der Waals surface area contributed by atoms with Crippen LogP contribution in [0.25, 0.3) is 0 Å². The SMILES string of the molecule is CN(C)C=Nc1ccc(OC(=O)N2CCNC2)nc1C#N. The van der Waals surface area contributed by atoms with E-state index in [0.717, 1.165) is 6.54 Å². The first kappa shape index (κ1) is 14.7. The zero-order valence-corrected chi connectivity index (χ0v) is 11.9. The predicted molar refractivity (Wildman–Crippen MR) is 76.4 cm³/mol. The van der Waals surface area contributed by atoms with Crippen LogP contribution in [0.5, 0.6) is 5.88 Å². The van der Waals surface area contributed by atoms with Crippen LogP contribution in [0.1, 0.15) is 5.69 Å². The molecule has 2 heterocycles. The van der Waals surface area contributed by atoms with Crippen LogP contribution in [-0.2, 0) is 0 Å². The highest BCUT2D eigenvalue weighted by Crippen LogP contribution is 2.20. The molecule has 0 bridgehead atoms. The van der Waals surface area contributed by atoms with Crippen molar-refractivity contribution in [2.45, 2.75) is 0 Å². The number of carbonyl (C=O) groups is 1. The van der Waals surface area contributed by atoms with E-state index < -0.39 is 6.09 Å². The molecule has 0 aromatic carbocycles. The normalized spacial score (nSPS) is 14.2. The Bertz CT molecular complexity index is 587. The van der Waals surface area contributed by atoms with E-state index in [9.17, 15) is 4.79 Å². The lowest BCUT2D eigenvalue weighted by atomic mass is 10.3. The summed E-state index contributed by atoms with van der Waals surface area (Å²) in [6.45, 7) is 1.79. The lowest BCUT2D eigenvalue weighted by Crippen LogP contribution is -2.32. The number of nitrogens with one attached hydrogen (secondary N) is 1. The maximum Gasteiger partial charge on any atom is 0.417 e. The number of nitriles is 1. The molecule has 0 atom stereocenters. The van der Waals surface area contributed by atoms with E-state index in [-0.39, 0.29) is 11.6 Å². The summed E-state index contributed by atoms with van der Waals surface area (Å²) in [5.74, 6) is 0.0900. The topological polar surface area (TPSA) is 93.8 Å². The number of hydrogen-bond acceptors (Lipinski definition) is 6. The maximum absolute atomic E-state index is 11.8. The minimum absolute atomic E-state index is 0.0900. The molecule has 1 N–H and O–H groups in total. The number of pyridine rings is 1. The van der Waals surface area contributed by atoms with Gasteiger partial charge in [0.25, 0.3) is 0 Å². The molecule has 0 unspecified atom stereocenters. The van der Waals surface area contributed by atoms with Crippen LogP contribution < -0.4 is 10.1 Å². The van der Waals surface area contributed by atoms with E-state index in [1.165, 1.54) is 11.0 Å². The third-order valence-corrected chi connectivity index (χ3v) is 2.69. The van der Waals surface area contributed by atoms with Crippen LogP contribution in [0.3, 0.4) is 0 Å². The van der Waals surface area contributed by atoms with Gasteiger partial charge in [-0.3, -0.25) is 10.2 Å². The lowest BCUT2D eigenvalue weighted by Gasteiger charge is -2.13. The molecule has 1 aromatic rings. The quantitative estimate of drug-likeness (QED) is 0.644. The van der Waals surface area contributed by atoms with Crippen molar-refractivity contribution < 1.29 is 9.53 Å². The van der Waals surface area contributed by atoms with Crippen molar-refractivity contribution in [2.75, 3.05) is 33.9 Å². The minimum Gasteiger partial charge on any atom is -0.391 e. The summed E-state index contributed by atoms with van der Waals surface area (Å²) in [5, 5.41) is 12.1. The van der Waals surface area contributed by atoms with Crippen molar-refractivity contribution in [2.24, 2.45) is 4.99 Å². The summed E-state index contributed by atoms with van der Waals surface area (Å²) in [6, 6.07) is 5.05. The van der Waals surface area contributed by atoms with Crippen LogP contribution in [0.4, 0.5) is 10.5 Å². The van der Waals surface area contributed by atoms with Crippen molar-refractivity contribution in [1.82, 2.24) is 20.1 Å². The van der Waals surface area contributed by atoms with E-state index in [1.807, 2.05) is 20.2 Å². The smallest absolute Gasteiger partial charge is 0.391 e. The van der Waals surface area contributed by atoms with Gasteiger partial charge in [-0.15, -0.1) is 0 Å². The van der Waals surface area contributed by atoms with Crippen molar-refractivity contribution in [1.29, 1.82) is 5.26 Å². The first-order valence-corrected chi connectivity index (χ1v) is 6.39. The molecule has 1 amide bonds. The number of carbonyl (C=O) groups excluding carboxylic acids is 1. The number of nitrogens with zero attached hydrogens (tertiary/aromatic N) is 5. The van der Waals surface area contributed by atoms with Crippen molar-refractivity contribution in [3.8, 4) is 11.9 Å². The fourth-order valence-electron chi connectivity index (χ4n) is 1.67. The molecule has 0 saturated carbocycles. The van der Waals surface area contributed by atoms with Gasteiger partial charge in [-0.2, -0.15) is 10.2 Å². The zero-order valence-electron chi connectivity index (χ0n) is 11.9. The molecule has 1 fully saturated rings. The third-order valence-electron chi connectivity index (χ3n) is 2.69. The number of rotatable bonds is 3. The predicted octanol–water partition coefficient (Wildman–Crippen LogP) is 0.536. The highest BCUT2D eigenvalue weighted by atomic mass is 16.6. The van der Waals surface area contributed by atoms with Gasteiger partial charge < -0.3 is 9.64 Å². The molecule has 110 valence electrons. The van der Waals surface area contributed by atoms with Crippen LogP contribution in [0.15, 0.2) is 17.1 Å². The molecule has 8 nitrogen and oxygen atoms in total. The maximum atomic E-state index is 11.8. The second-order valence-corrected chi connectivity index (χ2v) is 4.63. The Morgan fingerprint density at radius 1 is 1.62 bits per heavy atom. The van der Waals surface area contributed by atoms with E-state index in [0.29, 0.717) is 18.9 Å². The summed E-state index contributed by atoms with van der Waals surface area (Å²) in [4.78, 5) is 23.2. The molecule has 0 spiro atoms. The first-order chi connectivity index (χ1) is 10.1. The van der Waals surface area contributed by atoms with Gasteiger partial charge in [0.15, 0.2) is 5.69 Å². The first-order valence-electron chi connectivity index (χ1n) is 6.39. The summed E-state index contributed by atoms with van der Waals surface area (Å²) >= 11 is 0. The molecular weight excluding hydrogens is 272 g/mol. The van der Waals surface area contributed by atoms with Crippen molar-refractivity contribution in [3.63, 3.8) is 0 Å². The summed E-state index contributed by atoms with van der Waals surface area (Å²) in [6.07, 6.45) is 1.08. The lowest BCUT2D eigenvalue weighted by molar-refractivity contribution is 0.160. The molecule has 0 radical (unpaired) electrons. The molecular formula is C13H16N6O2. The molecule has 8 heteroatoms. The Kier molecular flexibility index (Phi) is 4.68. The Morgan fingerprint density at radius 3 is 3.05 bits per heavy atom. The number of hydrogen-bond donors (Lipinski definition) is 1. The standard InChI is InChI=1S/C13H16N6O2/c1-18(2)9-16-10-3-4-12(17-11(10)7-14)21-13(20)19-6-5-15-8-19/h3-4,9,15H,5-6,8H2,1-2H3. The van der Waals surface area contributed by atoms with E-state index in [4.69, 9.17) is 10.00 Å². The van der Waals surface area contributed by atoms with Gasteiger partial charge in [-0.05, 0) is 6.07 Å². The van der Waals surface area contributed by atoms with Crippen LogP contribution in [0, 0.1) is 11.3 Å². The molecule has 1 aliphatic rings. The Morgan fingerprint density at radius 2 is 2.43 bits per heavy atom. The molecule has 2 rings (SSSR count). The highest BCUT2D eigenvalue weighted by Gasteiger charge is 2.20. The largest absolute Gasteiger partial charge is 0.417 e. The zero-order chi connectivity index (χ0) is 15.2. The molecule has 1 saturated heterocycles. The van der Waals surface area contributed by atoms with Crippen molar-refractivity contribution >= 4 is 18.1 Å².